The molecule has 19 heavy (non-hydrogen) atoms. The van der Waals surface area contributed by atoms with Gasteiger partial charge in [-0.3, -0.25) is 4.79 Å². The minimum absolute atomic E-state index is 0.233. The van der Waals surface area contributed by atoms with E-state index in [1.54, 1.807) is 30.6 Å². The molecule has 0 unspecified atom stereocenters. The van der Waals surface area contributed by atoms with Gasteiger partial charge in [0.05, 0.1) is 35.6 Å². The average molecular weight is 273 g/mol. The lowest BCUT2D eigenvalue weighted by Crippen LogP contribution is -2.12. The minimum Gasteiger partial charge on any atom is -0.495 e. The monoisotopic (exact) mass is 273 g/mol. The van der Waals surface area contributed by atoms with Crippen LogP contribution in [0.25, 0.3) is 0 Å². The number of nitrogens with zero attached hydrogens (tertiary/aromatic N) is 2. The van der Waals surface area contributed by atoms with E-state index in [9.17, 15) is 4.79 Å². The highest BCUT2D eigenvalue weighted by atomic mass is 32.1. The first-order valence-electron chi connectivity index (χ1n) is 5.45. The maximum absolute atomic E-state index is 12.1. The van der Waals surface area contributed by atoms with Gasteiger partial charge in [0.15, 0.2) is 0 Å². The van der Waals surface area contributed by atoms with Gasteiger partial charge in [-0.2, -0.15) is 5.26 Å². The van der Waals surface area contributed by atoms with Crippen LogP contribution in [0.4, 0.5) is 5.69 Å². The zero-order valence-corrected chi connectivity index (χ0v) is 11.2. The molecule has 5 nitrogen and oxygen atoms in total. The number of amides is 1. The molecule has 1 aromatic carbocycles. The Kier molecular flexibility index (Phi) is 3.78. The van der Waals surface area contributed by atoms with E-state index in [1.807, 2.05) is 6.07 Å². The van der Waals surface area contributed by atoms with Crippen molar-refractivity contribution >= 4 is 22.9 Å². The summed E-state index contributed by atoms with van der Waals surface area (Å²) in [4.78, 5) is 16.7. The first-order valence-corrected chi connectivity index (χ1v) is 6.33. The Labute approximate surface area is 114 Å². The predicted molar refractivity (Wildman–Crippen MR) is 72.5 cm³/mol. The number of aryl methyl sites for hydroxylation is 1. The highest BCUT2D eigenvalue weighted by molar-refractivity contribution is 7.12. The summed E-state index contributed by atoms with van der Waals surface area (Å²) < 4.78 is 5.16. The Hall–Kier alpha value is -2.39. The number of nitrogens with one attached hydrogen (secondary N) is 1. The van der Waals surface area contributed by atoms with E-state index in [2.05, 4.69) is 10.3 Å². The quantitative estimate of drug-likeness (QED) is 0.932. The summed E-state index contributed by atoms with van der Waals surface area (Å²) in [7, 11) is 1.49. The summed E-state index contributed by atoms with van der Waals surface area (Å²) in [5.74, 6) is 0.220. The van der Waals surface area contributed by atoms with E-state index in [4.69, 9.17) is 10.00 Å². The zero-order chi connectivity index (χ0) is 13.8. The maximum Gasteiger partial charge on any atom is 0.267 e. The van der Waals surface area contributed by atoms with E-state index in [0.717, 1.165) is 0 Å². The van der Waals surface area contributed by atoms with Crippen molar-refractivity contribution in [3.8, 4) is 11.8 Å². The van der Waals surface area contributed by atoms with Crippen molar-refractivity contribution in [1.29, 1.82) is 5.26 Å². The summed E-state index contributed by atoms with van der Waals surface area (Å²) in [6, 6.07) is 6.86. The van der Waals surface area contributed by atoms with Gasteiger partial charge in [0.1, 0.15) is 10.6 Å². The van der Waals surface area contributed by atoms with E-state index >= 15 is 0 Å². The topological polar surface area (TPSA) is 75.0 Å². The van der Waals surface area contributed by atoms with Crippen molar-refractivity contribution in [3.63, 3.8) is 0 Å². The van der Waals surface area contributed by atoms with Crippen LogP contribution in [0.15, 0.2) is 23.7 Å². The summed E-state index contributed by atoms with van der Waals surface area (Å²) in [5, 5.41) is 11.6. The van der Waals surface area contributed by atoms with Crippen molar-refractivity contribution in [1.82, 2.24) is 4.98 Å². The van der Waals surface area contributed by atoms with Gasteiger partial charge in [-0.15, -0.1) is 11.3 Å². The van der Waals surface area contributed by atoms with Crippen molar-refractivity contribution < 1.29 is 9.53 Å². The molecule has 0 aliphatic carbocycles. The molecule has 0 aliphatic rings. The summed E-state index contributed by atoms with van der Waals surface area (Å²) in [6.45, 7) is 1.78. The second-order valence-corrected chi connectivity index (χ2v) is 4.60. The Bertz CT molecular complexity index is 658. The second kappa shape index (κ2) is 5.50. The normalized spacial score (nSPS) is 9.74. The average Bonchev–Trinajstić information content (AvgIpc) is 2.85. The molecule has 0 spiro atoms. The van der Waals surface area contributed by atoms with Crippen LogP contribution in [0, 0.1) is 18.3 Å². The van der Waals surface area contributed by atoms with E-state index in [0.29, 0.717) is 27.6 Å². The number of hydrogen-bond donors (Lipinski definition) is 1. The number of ether oxygens (including phenoxy) is 1. The molecular formula is C13H11N3O2S. The van der Waals surface area contributed by atoms with Crippen LogP contribution in [-0.4, -0.2) is 18.0 Å². The standard InChI is InChI=1S/C13H11N3O2S/c1-8-12(19-7-15-8)13(17)16-10-4-3-9(6-14)5-11(10)18-2/h3-5,7H,1-2H3,(H,16,17). The summed E-state index contributed by atoms with van der Waals surface area (Å²) in [5.41, 5.74) is 3.32. The molecule has 0 bridgehead atoms. The number of carbonyl (C=O) groups excluding carboxylic acids is 1. The van der Waals surface area contributed by atoms with Crippen LogP contribution in [0.2, 0.25) is 0 Å². The van der Waals surface area contributed by atoms with Crippen molar-refractivity contribution in [2.45, 2.75) is 6.92 Å². The number of benzene rings is 1. The molecule has 96 valence electrons. The van der Waals surface area contributed by atoms with Gasteiger partial charge in [-0.1, -0.05) is 0 Å². The molecule has 0 saturated heterocycles. The van der Waals surface area contributed by atoms with E-state index in [1.165, 1.54) is 18.4 Å². The highest BCUT2D eigenvalue weighted by Crippen LogP contribution is 2.26. The number of rotatable bonds is 3. The van der Waals surface area contributed by atoms with Gasteiger partial charge in [0.2, 0.25) is 0 Å². The van der Waals surface area contributed by atoms with E-state index in [-0.39, 0.29) is 5.91 Å². The molecule has 2 aromatic rings. The number of nitriles is 1. The number of anilines is 1. The van der Waals surface area contributed by atoms with Crippen LogP contribution in [0.3, 0.4) is 0 Å². The fourth-order valence-corrected chi connectivity index (χ4v) is 2.26. The molecule has 0 aliphatic heterocycles. The SMILES string of the molecule is COc1cc(C#N)ccc1NC(=O)c1scnc1C. The highest BCUT2D eigenvalue weighted by Gasteiger charge is 2.14. The van der Waals surface area contributed by atoms with Gasteiger partial charge < -0.3 is 10.1 Å². The Morgan fingerprint density at radius 1 is 1.53 bits per heavy atom. The van der Waals surface area contributed by atoms with Gasteiger partial charge in [0.25, 0.3) is 5.91 Å². The lowest BCUT2D eigenvalue weighted by Gasteiger charge is -2.09. The molecule has 0 radical (unpaired) electrons. The lowest BCUT2D eigenvalue weighted by molar-refractivity contribution is 0.102. The third-order valence-electron chi connectivity index (χ3n) is 2.53. The third kappa shape index (κ3) is 2.72. The van der Waals surface area contributed by atoms with Crippen LogP contribution < -0.4 is 10.1 Å². The summed E-state index contributed by atoms with van der Waals surface area (Å²) in [6.07, 6.45) is 0. The number of carbonyl (C=O) groups is 1. The minimum atomic E-state index is -0.233. The Morgan fingerprint density at radius 2 is 2.32 bits per heavy atom. The third-order valence-corrected chi connectivity index (χ3v) is 3.46. The number of thiazole rings is 1. The fourth-order valence-electron chi connectivity index (χ4n) is 1.56. The summed E-state index contributed by atoms with van der Waals surface area (Å²) >= 11 is 1.28. The van der Waals surface area contributed by atoms with Crippen LogP contribution in [-0.2, 0) is 0 Å². The molecule has 0 fully saturated rings. The van der Waals surface area contributed by atoms with Gasteiger partial charge >= 0.3 is 0 Å². The number of hydrogen-bond acceptors (Lipinski definition) is 5. The predicted octanol–water partition coefficient (Wildman–Crippen LogP) is 2.58. The second-order valence-electron chi connectivity index (χ2n) is 3.75. The lowest BCUT2D eigenvalue weighted by atomic mass is 10.2. The number of aromatic nitrogens is 1. The van der Waals surface area contributed by atoms with Gasteiger partial charge in [-0.05, 0) is 19.1 Å². The zero-order valence-electron chi connectivity index (χ0n) is 10.4. The first kappa shape index (κ1) is 13.1. The fraction of sp³-hybridized carbons (Fsp3) is 0.154. The van der Waals surface area contributed by atoms with E-state index < -0.39 is 0 Å². The van der Waals surface area contributed by atoms with Crippen molar-refractivity contribution in [2.24, 2.45) is 0 Å². The number of methoxy groups -OCH3 is 1. The Balaban J connectivity index is 2.27. The molecule has 6 heteroatoms. The Morgan fingerprint density at radius 3 is 2.89 bits per heavy atom. The van der Waals surface area contributed by atoms with Crippen molar-refractivity contribution in [3.05, 3.63) is 39.8 Å². The molecule has 0 atom stereocenters. The van der Waals surface area contributed by atoms with Gasteiger partial charge in [0, 0.05) is 6.07 Å². The van der Waals surface area contributed by atoms with Gasteiger partial charge in [-0.25, -0.2) is 4.98 Å². The largest absolute Gasteiger partial charge is 0.495 e. The molecule has 0 saturated carbocycles. The molecule has 1 amide bonds. The smallest absolute Gasteiger partial charge is 0.267 e. The molecule has 2 rings (SSSR count). The van der Waals surface area contributed by atoms with Crippen molar-refractivity contribution in [2.75, 3.05) is 12.4 Å². The van der Waals surface area contributed by atoms with Crippen LogP contribution >= 0.6 is 11.3 Å². The van der Waals surface area contributed by atoms with Crippen LogP contribution in [0.1, 0.15) is 20.9 Å². The first-order chi connectivity index (χ1) is 9.15. The molecular weight excluding hydrogens is 262 g/mol. The van der Waals surface area contributed by atoms with Crippen LogP contribution in [0.5, 0.6) is 5.75 Å². The molecule has 1 N–H and O–H groups in total. The molecule has 1 heterocycles. The molecule has 1 aromatic heterocycles. The maximum atomic E-state index is 12.1.